The Hall–Kier alpha value is -3.17. The average molecular weight is 353 g/mol. The Morgan fingerprint density at radius 2 is 1.88 bits per heavy atom. The van der Waals surface area contributed by atoms with Gasteiger partial charge < -0.3 is 4.74 Å². The first-order valence-electron chi connectivity index (χ1n) is 7.53. The minimum Gasteiger partial charge on any atom is -0.461 e. The maximum Gasteiger partial charge on any atom is 0.359 e. The number of nitrogens with zero attached hydrogens (tertiary/aromatic N) is 4. The molecule has 0 aliphatic heterocycles. The fourth-order valence-electron chi connectivity index (χ4n) is 2.32. The van der Waals surface area contributed by atoms with Crippen molar-refractivity contribution in [1.82, 2.24) is 15.0 Å². The number of hydrogen-bond donors (Lipinski definition) is 0. The number of hydrogen-bond acceptors (Lipinski definition) is 5. The molecule has 0 saturated carbocycles. The molecule has 2 aromatic carbocycles. The van der Waals surface area contributed by atoms with Crippen molar-refractivity contribution in [1.29, 1.82) is 5.26 Å². The summed E-state index contributed by atoms with van der Waals surface area (Å²) in [5.74, 6) is -0.526. The predicted octanol–water partition coefficient (Wildman–Crippen LogP) is 3.64. The summed E-state index contributed by atoms with van der Waals surface area (Å²) >= 11 is 5.92. The second-order valence-electron chi connectivity index (χ2n) is 5.08. The Morgan fingerprint density at radius 1 is 1.20 bits per heavy atom. The first-order chi connectivity index (χ1) is 12.1. The summed E-state index contributed by atoms with van der Waals surface area (Å²) in [6.07, 6.45) is 0. The molecule has 7 heteroatoms. The minimum atomic E-state index is -0.526. The maximum atomic E-state index is 12.5. The van der Waals surface area contributed by atoms with Gasteiger partial charge in [-0.15, -0.1) is 5.10 Å². The second kappa shape index (κ2) is 7.16. The molecule has 1 heterocycles. The van der Waals surface area contributed by atoms with Crippen molar-refractivity contribution in [3.05, 3.63) is 64.8 Å². The maximum absolute atomic E-state index is 12.5. The normalized spacial score (nSPS) is 10.3. The Labute approximate surface area is 149 Å². The van der Waals surface area contributed by atoms with Crippen LogP contribution in [0.15, 0.2) is 48.5 Å². The van der Waals surface area contributed by atoms with Crippen LogP contribution in [-0.2, 0) is 4.74 Å². The lowest BCUT2D eigenvalue weighted by atomic mass is 10.1. The van der Waals surface area contributed by atoms with Crippen molar-refractivity contribution in [2.75, 3.05) is 6.61 Å². The van der Waals surface area contributed by atoms with Crippen LogP contribution < -0.4 is 0 Å². The number of aromatic nitrogens is 3. The van der Waals surface area contributed by atoms with Gasteiger partial charge in [0.1, 0.15) is 5.69 Å². The van der Waals surface area contributed by atoms with Gasteiger partial charge >= 0.3 is 5.97 Å². The quantitative estimate of drug-likeness (QED) is 0.669. The molecule has 3 aromatic rings. The highest BCUT2D eigenvalue weighted by molar-refractivity contribution is 6.30. The van der Waals surface area contributed by atoms with Crippen molar-refractivity contribution >= 4 is 17.6 Å². The van der Waals surface area contributed by atoms with E-state index in [0.717, 1.165) is 0 Å². The molecule has 0 N–H and O–H groups in total. The van der Waals surface area contributed by atoms with Crippen LogP contribution in [0.2, 0.25) is 5.02 Å². The lowest BCUT2D eigenvalue weighted by Crippen LogP contribution is -2.13. The summed E-state index contributed by atoms with van der Waals surface area (Å²) in [7, 11) is 0. The zero-order chi connectivity index (χ0) is 17.8. The number of nitriles is 1. The van der Waals surface area contributed by atoms with Gasteiger partial charge in [0.15, 0.2) is 5.69 Å². The highest BCUT2D eigenvalue weighted by Gasteiger charge is 2.23. The molecule has 1 aromatic heterocycles. The van der Waals surface area contributed by atoms with Crippen LogP contribution in [0, 0.1) is 11.3 Å². The van der Waals surface area contributed by atoms with Crippen molar-refractivity contribution < 1.29 is 9.53 Å². The van der Waals surface area contributed by atoms with Gasteiger partial charge in [-0.25, -0.2) is 9.48 Å². The third-order valence-corrected chi connectivity index (χ3v) is 3.75. The van der Waals surface area contributed by atoms with E-state index >= 15 is 0 Å². The predicted molar refractivity (Wildman–Crippen MR) is 92.5 cm³/mol. The highest BCUT2D eigenvalue weighted by Crippen LogP contribution is 2.25. The van der Waals surface area contributed by atoms with Crippen LogP contribution in [0.25, 0.3) is 16.9 Å². The van der Waals surface area contributed by atoms with Gasteiger partial charge in [0.05, 0.1) is 23.9 Å². The summed E-state index contributed by atoms with van der Waals surface area (Å²) in [6, 6.07) is 15.7. The summed E-state index contributed by atoms with van der Waals surface area (Å²) in [4.78, 5) is 12.5. The number of benzene rings is 2. The van der Waals surface area contributed by atoms with E-state index in [0.29, 0.717) is 27.5 Å². The summed E-state index contributed by atoms with van der Waals surface area (Å²) in [5.41, 5.74) is 2.44. The number of carbonyl (C=O) groups is 1. The lowest BCUT2D eigenvalue weighted by molar-refractivity contribution is 0.0516. The van der Waals surface area contributed by atoms with Crippen molar-refractivity contribution in [3.8, 4) is 23.0 Å². The first kappa shape index (κ1) is 16.7. The fraction of sp³-hybridized carbons (Fsp3) is 0.111. The highest BCUT2D eigenvalue weighted by atomic mass is 35.5. The van der Waals surface area contributed by atoms with Gasteiger partial charge in [0.25, 0.3) is 0 Å². The van der Waals surface area contributed by atoms with E-state index < -0.39 is 5.97 Å². The summed E-state index contributed by atoms with van der Waals surface area (Å²) < 4.78 is 6.57. The molecule has 124 valence electrons. The summed E-state index contributed by atoms with van der Waals surface area (Å²) in [5, 5.41) is 17.7. The van der Waals surface area contributed by atoms with E-state index in [1.807, 2.05) is 0 Å². The van der Waals surface area contributed by atoms with Crippen molar-refractivity contribution in [2.24, 2.45) is 0 Å². The molecule has 0 radical (unpaired) electrons. The van der Waals surface area contributed by atoms with E-state index in [1.165, 1.54) is 4.68 Å². The first-order valence-corrected chi connectivity index (χ1v) is 7.91. The lowest BCUT2D eigenvalue weighted by Gasteiger charge is -2.07. The molecule has 0 unspecified atom stereocenters. The monoisotopic (exact) mass is 352 g/mol. The largest absolute Gasteiger partial charge is 0.461 e. The fourth-order valence-corrected chi connectivity index (χ4v) is 2.45. The third kappa shape index (κ3) is 3.37. The van der Waals surface area contributed by atoms with Crippen LogP contribution >= 0.6 is 11.6 Å². The molecule has 0 aliphatic carbocycles. The molecule has 0 saturated heterocycles. The van der Waals surface area contributed by atoms with Crippen molar-refractivity contribution in [3.63, 3.8) is 0 Å². The average Bonchev–Trinajstić information content (AvgIpc) is 3.08. The molecule has 0 aliphatic rings. The number of esters is 1. The second-order valence-corrected chi connectivity index (χ2v) is 5.52. The number of ether oxygens (including phenoxy) is 1. The van der Waals surface area contributed by atoms with Gasteiger partial charge in [-0.3, -0.25) is 0 Å². The van der Waals surface area contributed by atoms with E-state index in [9.17, 15) is 4.79 Å². The zero-order valence-corrected chi connectivity index (χ0v) is 14.1. The molecule has 3 rings (SSSR count). The Balaban J connectivity index is 2.13. The van der Waals surface area contributed by atoms with E-state index in [-0.39, 0.29) is 12.3 Å². The van der Waals surface area contributed by atoms with E-state index in [4.69, 9.17) is 21.6 Å². The van der Waals surface area contributed by atoms with Gasteiger partial charge in [0.2, 0.25) is 0 Å². The van der Waals surface area contributed by atoms with Crippen LogP contribution in [-0.4, -0.2) is 27.6 Å². The molecule has 0 bridgehead atoms. The van der Waals surface area contributed by atoms with Gasteiger partial charge in [0, 0.05) is 10.6 Å². The molecular formula is C18H13ClN4O2. The smallest absolute Gasteiger partial charge is 0.359 e. The standard InChI is InChI=1S/C18H13ClN4O2/c1-2-25-18(24)17-16(13-5-7-14(19)8-6-13)21-22-23(17)15-9-3-12(11-20)4-10-15/h3-10H,2H2,1H3. The van der Waals surface area contributed by atoms with Gasteiger partial charge in [-0.1, -0.05) is 28.9 Å². The van der Waals surface area contributed by atoms with Crippen LogP contribution in [0.3, 0.4) is 0 Å². The number of carbonyl (C=O) groups excluding carboxylic acids is 1. The van der Waals surface area contributed by atoms with E-state index in [2.05, 4.69) is 16.4 Å². The van der Waals surface area contributed by atoms with Crippen LogP contribution in [0.4, 0.5) is 0 Å². The molecule has 6 nitrogen and oxygen atoms in total. The Kier molecular flexibility index (Phi) is 4.78. The minimum absolute atomic E-state index is 0.217. The molecule has 0 atom stereocenters. The molecular weight excluding hydrogens is 340 g/mol. The molecule has 25 heavy (non-hydrogen) atoms. The topological polar surface area (TPSA) is 80.8 Å². The number of rotatable bonds is 4. The van der Waals surface area contributed by atoms with Gasteiger partial charge in [-0.05, 0) is 43.3 Å². The Morgan fingerprint density at radius 3 is 2.48 bits per heavy atom. The molecule has 0 fully saturated rings. The summed E-state index contributed by atoms with van der Waals surface area (Å²) in [6.45, 7) is 1.97. The Bertz CT molecular complexity index is 941. The van der Waals surface area contributed by atoms with E-state index in [1.54, 1.807) is 55.5 Å². The SMILES string of the molecule is CCOC(=O)c1c(-c2ccc(Cl)cc2)nnn1-c1ccc(C#N)cc1. The zero-order valence-electron chi connectivity index (χ0n) is 13.3. The van der Waals surface area contributed by atoms with Crippen molar-refractivity contribution in [2.45, 2.75) is 6.92 Å². The van der Waals surface area contributed by atoms with Gasteiger partial charge in [-0.2, -0.15) is 5.26 Å². The van der Waals surface area contributed by atoms with Crippen LogP contribution in [0.5, 0.6) is 0 Å². The van der Waals surface area contributed by atoms with Crippen LogP contribution in [0.1, 0.15) is 23.0 Å². The molecule has 0 amide bonds. The molecule has 0 spiro atoms. The third-order valence-electron chi connectivity index (χ3n) is 3.50. The number of halogens is 1.